The van der Waals surface area contributed by atoms with E-state index in [1.54, 1.807) is 0 Å². The minimum absolute atomic E-state index is 3.44. The maximum absolute atomic E-state index is 13.5. The SMILES string of the molecule is FC(F)(F)C(F)(F)C(F)(F)C(F)(F)C(F)(F)C(F)(F)C(F)(F)C(F)(F)[Si](Cl)(C(F)(F)F)C(F)(F)F. The van der Waals surface area contributed by atoms with Gasteiger partial charge in [-0.15, -0.1) is 11.1 Å². The van der Waals surface area contributed by atoms with Crippen LogP contribution in [0, 0.1) is 0 Å². The van der Waals surface area contributed by atoms with Gasteiger partial charge >= 0.3 is 66.2 Å². The van der Waals surface area contributed by atoms with Gasteiger partial charge in [-0.3, -0.25) is 0 Å². The molecule has 0 amide bonds. The van der Waals surface area contributed by atoms with Crippen LogP contribution in [0.15, 0.2) is 0 Å². The maximum Gasteiger partial charge on any atom is 0.479 e. The number of hydrogen-bond donors (Lipinski definition) is 0. The van der Waals surface area contributed by atoms with Crippen molar-refractivity contribution in [1.82, 2.24) is 0 Å². The predicted octanol–water partition coefficient (Wildman–Crippen LogP) is 7.92. The Balaban J connectivity index is 7.32. The molecule has 0 fully saturated rings. The Labute approximate surface area is 179 Å². The third-order valence-electron chi connectivity index (χ3n) is 3.94. The molecule has 0 aromatic rings. The first-order valence-corrected chi connectivity index (χ1v) is 10.0. The molecule has 0 saturated heterocycles. The Kier molecular flexibility index (Phi) is 7.70. The summed E-state index contributed by atoms with van der Waals surface area (Å²) in [5.74, 6) is -70.6. The van der Waals surface area contributed by atoms with Crippen molar-refractivity contribution >= 4 is 18.5 Å². The molecule has 0 rings (SSSR count). The van der Waals surface area contributed by atoms with Gasteiger partial charge in [-0.05, 0) is 0 Å². The number of hydrogen-bond acceptors (Lipinski definition) is 0. The summed E-state index contributed by atoms with van der Waals surface area (Å²) in [5, 5.41) is 0. The lowest BCUT2D eigenvalue weighted by Crippen LogP contribution is -2.81. The van der Waals surface area contributed by atoms with Crippen LogP contribution < -0.4 is 0 Å². The molecule has 0 saturated carbocycles. The summed E-state index contributed by atoms with van der Waals surface area (Å²) in [6, 6.07) is 0. The van der Waals surface area contributed by atoms with Gasteiger partial charge in [0.15, 0.2) is 0 Å². The fourth-order valence-electron chi connectivity index (χ4n) is 1.90. The first-order valence-electron chi connectivity index (χ1n) is 7.04. The lowest BCUT2D eigenvalue weighted by Gasteiger charge is -2.45. The molecule has 25 heteroatoms. The first kappa shape index (κ1) is 33.9. The molecular formula is C10ClF23Si. The Hall–Kier alpha value is -1.10. The Morgan fingerprint density at radius 3 is 0.714 bits per heavy atom. The van der Waals surface area contributed by atoms with Crippen molar-refractivity contribution in [3.05, 3.63) is 0 Å². The summed E-state index contributed by atoms with van der Waals surface area (Å²) in [5.41, 5.74) is -8.83. The van der Waals surface area contributed by atoms with Gasteiger partial charge in [-0.2, -0.15) is 92.2 Å². The van der Waals surface area contributed by atoms with Gasteiger partial charge in [0, 0.05) is 0 Å². The van der Waals surface area contributed by atoms with Crippen LogP contribution in [-0.4, -0.2) is 66.2 Å². The largest absolute Gasteiger partial charge is 0.479 e. The summed E-state index contributed by atoms with van der Waals surface area (Å²) >= 11 is 3.44. The second-order valence-corrected chi connectivity index (χ2v) is 11.0. The van der Waals surface area contributed by atoms with Crippen molar-refractivity contribution < 1.29 is 101 Å². The zero-order valence-electron chi connectivity index (χ0n) is 14.6. The molecule has 0 aliphatic carbocycles. The fraction of sp³-hybridized carbons (Fsp3) is 1.00. The van der Waals surface area contributed by atoms with E-state index in [1.165, 1.54) is 0 Å². The highest BCUT2D eigenvalue weighted by atomic mass is 35.6. The van der Waals surface area contributed by atoms with Crippen LogP contribution in [0.4, 0.5) is 101 Å². The third kappa shape index (κ3) is 3.97. The molecule has 0 radical (unpaired) electrons. The van der Waals surface area contributed by atoms with E-state index in [4.69, 9.17) is 0 Å². The quantitative estimate of drug-likeness (QED) is 0.154. The fourth-order valence-corrected chi connectivity index (χ4v) is 3.88. The van der Waals surface area contributed by atoms with Crippen LogP contribution in [-0.2, 0) is 0 Å². The molecule has 212 valence electrons. The van der Waals surface area contributed by atoms with E-state index in [0.717, 1.165) is 0 Å². The minimum Gasteiger partial charge on any atom is -0.202 e. The first-order chi connectivity index (χ1) is 14.5. The Bertz CT molecular complexity index is 768. The van der Waals surface area contributed by atoms with Crippen molar-refractivity contribution in [3.8, 4) is 0 Å². The molecule has 0 aromatic heterocycles. The van der Waals surface area contributed by atoms with Gasteiger partial charge in [-0.1, -0.05) is 0 Å². The standard InChI is InChI=1S/C10ClF23Si/c11-35(9(29,30)31,10(32,33)34)8(27,28)6(22,23)4(18,19)2(14,15)1(12,13)3(16,17)5(20,21)7(24,25)26. The maximum atomic E-state index is 13.5. The van der Waals surface area contributed by atoms with Crippen molar-refractivity contribution in [2.45, 2.75) is 58.9 Å². The van der Waals surface area contributed by atoms with E-state index in [2.05, 4.69) is 11.1 Å². The molecule has 35 heavy (non-hydrogen) atoms. The normalized spacial score (nSPS) is 17.1. The van der Waals surface area contributed by atoms with Crippen LogP contribution in [0.25, 0.3) is 0 Å². The number of alkyl halides is 23. The highest BCUT2D eigenvalue weighted by Crippen LogP contribution is 2.67. The van der Waals surface area contributed by atoms with Crippen LogP contribution in [0.2, 0.25) is 0 Å². The molecule has 0 spiro atoms. The summed E-state index contributed by atoms with van der Waals surface area (Å²) in [4.78, 5) is 0. The molecule has 0 aliphatic heterocycles. The van der Waals surface area contributed by atoms with Gasteiger partial charge in [0.1, 0.15) is 0 Å². The van der Waals surface area contributed by atoms with E-state index < -0.39 is 66.2 Å². The van der Waals surface area contributed by atoms with Gasteiger partial charge < -0.3 is 0 Å². The molecule has 0 aliphatic rings. The zero-order chi connectivity index (χ0) is 29.5. The number of halogens is 24. The van der Waals surface area contributed by atoms with E-state index >= 15 is 0 Å². The van der Waals surface area contributed by atoms with Crippen LogP contribution in [0.5, 0.6) is 0 Å². The molecule has 0 unspecified atom stereocenters. The molecule has 0 atom stereocenters. The highest BCUT2D eigenvalue weighted by Gasteiger charge is 3.00. The molecule has 0 bridgehead atoms. The minimum atomic E-state index is -10.1. The summed E-state index contributed by atoms with van der Waals surface area (Å²) in [6.07, 6.45) is -8.08. The van der Waals surface area contributed by atoms with E-state index in [-0.39, 0.29) is 0 Å². The van der Waals surface area contributed by atoms with Crippen molar-refractivity contribution in [2.75, 3.05) is 0 Å². The van der Waals surface area contributed by atoms with Gasteiger partial charge in [0.25, 0.3) is 0 Å². The molecule has 0 heterocycles. The molecule has 0 N–H and O–H groups in total. The Morgan fingerprint density at radius 2 is 0.514 bits per heavy atom. The third-order valence-corrected chi connectivity index (χ3v) is 8.68. The summed E-state index contributed by atoms with van der Waals surface area (Å²) in [7, 11) is -10.1. The van der Waals surface area contributed by atoms with E-state index in [9.17, 15) is 101 Å². The van der Waals surface area contributed by atoms with Crippen LogP contribution in [0.3, 0.4) is 0 Å². The van der Waals surface area contributed by atoms with Crippen LogP contribution >= 0.6 is 11.1 Å². The second kappa shape index (κ2) is 7.95. The highest BCUT2D eigenvalue weighted by molar-refractivity contribution is 7.23. The van der Waals surface area contributed by atoms with Gasteiger partial charge in [0.2, 0.25) is 0 Å². The van der Waals surface area contributed by atoms with Crippen molar-refractivity contribution in [2.24, 2.45) is 0 Å². The van der Waals surface area contributed by atoms with Gasteiger partial charge in [0.05, 0.1) is 0 Å². The monoisotopic (exact) mass is 620 g/mol. The average molecular weight is 621 g/mol. The second-order valence-electron chi connectivity index (χ2n) is 6.17. The molecule has 0 aromatic carbocycles. The van der Waals surface area contributed by atoms with E-state index in [1.807, 2.05) is 0 Å². The average Bonchev–Trinajstić information content (AvgIpc) is 2.56. The van der Waals surface area contributed by atoms with Crippen LogP contribution in [0.1, 0.15) is 0 Å². The van der Waals surface area contributed by atoms with E-state index in [0.29, 0.717) is 0 Å². The van der Waals surface area contributed by atoms with Crippen molar-refractivity contribution in [3.63, 3.8) is 0 Å². The number of rotatable bonds is 7. The Morgan fingerprint density at radius 1 is 0.314 bits per heavy atom. The lowest BCUT2D eigenvalue weighted by atomic mass is 9.91. The molecular weight excluding hydrogens is 621 g/mol. The predicted molar refractivity (Wildman–Crippen MR) is 64.4 cm³/mol. The van der Waals surface area contributed by atoms with Crippen molar-refractivity contribution in [1.29, 1.82) is 0 Å². The topological polar surface area (TPSA) is 0 Å². The summed E-state index contributed by atoms with van der Waals surface area (Å²) in [6.45, 7) is 0. The van der Waals surface area contributed by atoms with Gasteiger partial charge in [-0.25, -0.2) is 8.78 Å². The lowest BCUT2D eigenvalue weighted by molar-refractivity contribution is -0.459. The smallest absolute Gasteiger partial charge is 0.202 e. The zero-order valence-corrected chi connectivity index (χ0v) is 16.3. The summed E-state index contributed by atoms with van der Waals surface area (Å²) < 4.78 is 295. The molecule has 0 nitrogen and oxygen atoms in total.